The maximum Gasteiger partial charge on any atom is 0.231 e. The van der Waals surface area contributed by atoms with Crippen LogP contribution in [0.3, 0.4) is 0 Å². The minimum Gasteiger partial charge on any atom is -0.367 e. The lowest BCUT2D eigenvalue weighted by atomic mass is 10.1. The zero-order valence-corrected chi connectivity index (χ0v) is 10.8. The SMILES string of the molecule is CN(c1cccc(-c2cnoc2N)c1)S(C)(=O)=O. The van der Waals surface area contributed by atoms with Crippen LogP contribution in [0.2, 0.25) is 0 Å². The van der Waals surface area contributed by atoms with Crippen molar-refractivity contribution in [1.82, 2.24) is 5.16 Å². The maximum atomic E-state index is 11.5. The number of nitrogen functional groups attached to an aromatic ring is 1. The molecule has 0 atom stereocenters. The molecule has 1 aromatic heterocycles. The molecule has 0 saturated carbocycles. The third-order valence-corrected chi connectivity index (χ3v) is 3.82. The van der Waals surface area contributed by atoms with Crippen LogP contribution in [0.1, 0.15) is 0 Å². The van der Waals surface area contributed by atoms with Crippen molar-refractivity contribution in [1.29, 1.82) is 0 Å². The minimum atomic E-state index is -3.29. The summed E-state index contributed by atoms with van der Waals surface area (Å²) in [6.07, 6.45) is 2.64. The van der Waals surface area contributed by atoms with E-state index in [1.165, 1.54) is 17.5 Å². The molecule has 0 aliphatic rings. The Morgan fingerprint density at radius 1 is 1.39 bits per heavy atom. The summed E-state index contributed by atoms with van der Waals surface area (Å²) in [7, 11) is -1.80. The Morgan fingerprint density at radius 3 is 2.67 bits per heavy atom. The van der Waals surface area contributed by atoms with Gasteiger partial charge in [-0.05, 0) is 17.7 Å². The lowest BCUT2D eigenvalue weighted by Crippen LogP contribution is -2.24. The maximum absolute atomic E-state index is 11.5. The van der Waals surface area contributed by atoms with Crippen molar-refractivity contribution in [3.8, 4) is 11.1 Å². The fourth-order valence-electron chi connectivity index (χ4n) is 1.53. The Morgan fingerprint density at radius 2 is 2.11 bits per heavy atom. The standard InChI is InChI=1S/C11H13N3O3S/c1-14(18(2,15)16)9-5-3-4-8(6-9)10-7-13-17-11(10)12/h3-7H,12H2,1-2H3. The van der Waals surface area contributed by atoms with Crippen LogP contribution in [0.5, 0.6) is 0 Å². The Bertz CT molecular complexity index is 664. The first-order valence-corrected chi connectivity index (χ1v) is 6.99. The zero-order valence-electron chi connectivity index (χ0n) is 9.99. The molecule has 0 aliphatic carbocycles. The fraction of sp³-hybridized carbons (Fsp3) is 0.182. The van der Waals surface area contributed by atoms with E-state index in [4.69, 9.17) is 10.3 Å². The van der Waals surface area contributed by atoms with Gasteiger partial charge in [-0.1, -0.05) is 17.3 Å². The smallest absolute Gasteiger partial charge is 0.231 e. The van der Waals surface area contributed by atoms with Gasteiger partial charge in [0.05, 0.1) is 23.7 Å². The first-order valence-electron chi connectivity index (χ1n) is 5.14. The van der Waals surface area contributed by atoms with Gasteiger partial charge in [-0.15, -0.1) is 0 Å². The predicted octanol–water partition coefficient (Wildman–Crippen LogP) is 1.32. The van der Waals surface area contributed by atoms with Gasteiger partial charge in [0.2, 0.25) is 15.9 Å². The van der Waals surface area contributed by atoms with Gasteiger partial charge >= 0.3 is 0 Å². The molecule has 0 bridgehead atoms. The molecule has 7 heteroatoms. The first-order chi connectivity index (χ1) is 8.39. The molecule has 0 amide bonds. The average Bonchev–Trinajstić information content (AvgIpc) is 2.73. The highest BCUT2D eigenvalue weighted by atomic mass is 32.2. The van der Waals surface area contributed by atoms with E-state index in [-0.39, 0.29) is 5.88 Å². The van der Waals surface area contributed by atoms with E-state index < -0.39 is 10.0 Å². The molecule has 1 heterocycles. The van der Waals surface area contributed by atoms with E-state index >= 15 is 0 Å². The van der Waals surface area contributed by atoms with Crippen LogP contribution in [0.15, 0.2) is 35.0 Å². The number of rotatable bonds is 3. The molecule has 18 heavy (non-hydrogen) atoms. The van der Waals surface area contributed by atoms with Crippen LogP contribution in [0.4, 0.5) is 11.6 Å². The molecule has 2 aromatic rings. The molecule has 2 rings (SSSR count). The first kappa shape index (κ1) is 12.4. The summed E-state index contributed by atoms with van der Waals surface area (Å²) in [5.41, 5.74) is 7.56. The van der Waals surface area contributed by atoms with Crippen molar-refractivity contribution in [2.24, 2.45) is 0 Å². The Kier molecular flexibility index (Phi) is 3.00. The summed E-state index contributed by atoms with van der Waals surface area (Å²) in [6.45, 7) is 0. The van der Waals surface area contributed by atoms with Crippen molar-refractivity contribution in [2.45, 2.75) is 0 Å². The molecule has 0 fully saturated rings. The lowest BCUT2D eigenvalue weighted by Gasteiger charge is -2.17. The summed E-state index contributed by atoms with van der Waals surface area (Å²) in [5, 5.41) is 3.59. The lowest BCUT2D eigenvalue weighted by molar-refractivity contribution is 0.436. The van der Waals surface area contributed by atoms with Gasteiger partial charge in [-0.3, -0.25) is 4.31 Å². The number of benzene rings is 1. The second-order valence-electron chi connectivity index (χ2n) is 3.88. The summed E-state index contributed by atoms with van der Waals surface area (Å²) < 4.78 is 28.9. The van der Waals surface area contributed by atoms with Crippen LogP contribution in [0, 0.1) is 0 Å². The molecule has 1 aromatic carbocycles. The Hall–Kier alpha value is -2.02. The third-order valence-electron chi connectivity index (χ3n) is 2.62. The average molecular weight is 267 g/mol. The normalized spacial score (nSPS) is 11.4. The molecular formula is C11H13N3O3S. The van der Waals surface area contributed by atoms with E-state index in [9.17, 15) is 8.42 Å². The van der Waals surface area contributed by atoms with Crippen LogP contribution >= 0.6 is 0 Å². The number of nitrogens with zero attached hydrogens (tertiary/aromatic N) is 2. The van der Waals surface area contributed by atoms with E-state index in [0.29, 0.717) is 11.3 Å². The number of hydrogen-bond donors (Lipinski definition) is 1. The molecule has 96 valence electrons. The van der Waals surface area contributed by atoms with Gasteiger partial charge in [0, 0.05) is 7.05 Å². The highest BCUT2D eigenvalue weighted by molar-refractivity contribution is 7.92. The van der Waals surface area contributed by atoms with Gasteiger partial charge in [0.1, 0.15) is 0 Å². The van der Waals surface area contributed by atoms with Gasteiger partial charge < -0.3 is 10.3 Å². The summed E-state index contributed by atoms with van der Waals surface area (Å²) in [5.74, 6) is 0.203. The van der Waals surface area contributed by atoms with Crippen LogP contribution in [-0.2, 0) is 10.0 Å². The second-order valence-corrected chi connectivity index (χ2v) is 5.90. The quantitative estimate of drug-likeness (QED) is 0.905. The molecule has 2 N–H and O–H groups in total. The third kappa shape index (κ3) is 2.30. The topological polar surface area (TPSA) is 89.4 Å². The molecule has 0 spiro atoms. The van der Waals surface area contributed by atoms with Gasteiger partial charge in [-0.25, -0.2) is 8.42 Å². The zero-order chi connectivity index (χ0) is 13.3. The van der Waals surface area contributed by atoms with Crippen molar-refractivity contribution < 1.29 is 12.9 Å². The monoisotopic (exact) mass is 267 g/mol. The molecule has 6 nitrogen and oxygen atoms in total. The summed E-state index contributed by atoms with van der Waals surface area (Å²) >= 11 is 0. The van der Waals surface area contributed by atoms with E-state index in [1.807, 2.05) is 6.07 Å². The van der Waals surface area contributed by atoms with Crippen LogP contribution < -0.4 is 10.0 Å². The largest absolute Gasteiger partial charge is 0.367 e. The second kappa shape index (κ2) is 4.34. The van der Waals surface area contributed by atoms with Gasteiger partial charge in [-0.2, -0.15) is 0 Å². The van der Waals surface area contributed by atoms with Crippen molar-refractivity contribution in [2.75, 3.05) is 23.3 Å². The Labute approximate surface area is 105 Å². The van der Waals surface area contributed by atoms with Gasteiger partial charge in [0.15, 0.2) is 0 Å². The van der Waals surface area contributed by atoms with Crippen LogP contribution in [0.25, 0.3) is 11.1 Å². The van der Waals surface area contributed by atoms with E-state index in [1.54, 1.807) is 18.2 Å². The summed E-state index contributed by atoms with van der Waals surface area (Å²) in [6, 6.07) is 6.97. The summed E-state index contributed by atoms with van der Waals surface area (Å²) in [4.78, 5) is 0. The molecular weight excluding hydrogens is 254 g/mol. The van der Waals surface area contributed by atoms with Gasteiger partial charge in [0.25, 0.3) is 0 Å². The molecule has 0 aliphatic heterocycles. The number of nitrogens with two attached hydrogens (primary N) is 1. The molecule has 0 radical (unpaired) electrons. The molecule has 0 saturated heterocycles. The number of anilines is 2. The molecule has 0 unspecified atom stereocenters. The highest BCUT2D eigenvalue weighted by Crippen LogP contribution is 2.28. The fourth-order valence-corrected chi connectivity index (χ4v) is 2.02. The number of aromatic nitrogens is 1. The Balaban J connectivity index is 2.47. The van der Waals surface area contributed by atoms with E-state index in [2.05, 4.69) is 5.16 Å². The van der Waals surface area contributed by atoms with Crippen molar-refractivity contribution >= 4 is 21.6 Å². The van der Waals surface area contributed by atoms with Crippen molar-refractivity contribution in [3.05, 3.63) is 30.5 Å². The number of hydrogen-bond acceptors (Lipinski definition) is 5. The van der Waals surface area contributed by atoms with Crippen LogP contribution in [-0.4, -0.2) is 26.9 Å². The van der Waals surface area contributed by atoms with E-state index in [0.717, 1.165) is 11.8 Å². The number of sulfonamides is 1. The minimum absolute atomic E-state index is 0.203. The predicted molar refractivity (Wildman–Crippen MR) is 69.6 cm³/mol. The highest BCUT2D eigenvalue weighted by Gasteiger charge is 2.14. The van der Waals surface area contributed by atoms with Crippen molar-refractivity contribution in [3.63, 3.8) is 0 Å².